The summed E-state index contributed by atoms with van der Waals surface area (Å²) in [5.41, 5.74) is 22.4. The number of carbonyl (C=O) groups excluding carboxylic acids is 11. The minimum Gasteiger partial charge on any atom is -0.497 e. The standard InChI is InChI=1S/C48H76N12O12S2/c1-4-27(2)40(59-44(68)32(22-28-12-14-29(72-3)15-13-28)54-39(64)24-48(74)18-6-5-7-19-48)46(70)56-31(16-17-36(50)61)42(66)57-33(23-37(51)62)43(67)58-34(26-73)47(71)60-21-9-11-35(60)45(69)55-30(10-8-20-49)41(65)53-25-38(52)63/h12-15,27,30-35,40,73-74H,4-11,16-26,49H2,1-3H3,(H2,50,61)(H2,51,62)(H2,52,63)(H,53,65)(H,54,64)(H,55,69)(H,56,70)(H,57,66)(H,58,67)(H,59,68)/t27-,30-,31-,32-,33-,34+,35-,40-/m0/s1. The highest BCUT2D eigenvalue weighted by Gasteiger charge is 2.40. The molecule has 26 heteroatoms. The molecule has 11 amide bonds. The van der Waals surface area contributed by atoms with Gasteiger partial charge in [-0.3, -0.25) is 52.7 Å². The molecule has 74 heavy (non-hydrogen) atoms. The Hall–Kier alpha value is -6.15. The van der Waals surface area contributed by atoms with E-state index in [-0.39, 0.29) is 44.5 Å². The summed E-state index contributed by atoms with van der Waals surface area (Å²) in [6, 6.07) is -2.54. The van der Waals surface area contributed by atoms with E-state index in [1.807, 2.05) is 0 Å². The Morgan fingerprint density at radius 2 is 1.34 bits per heavy atom. The lowest BCUT2D eigenvalue weighted by atomic mass is 9.85. The number of nitrogens with two attached hydrogens (primary N) is 4. The maximum Gasteiger partial charge on any atom is 0.246 e. The van der Waals surface area contributed by atoms with Crippen LogP contribution in [0.4, 0.5) is 0 Å². The van der Waals surface area contributed by atoms with Crippen molar-refractivity contribution in [2.24, 2.45) is 28.9 Å². The Labute approximate surface area is 442 Å². The van der Waals surface area contributed by atoms with E-state index in [4.69, 9.17) is 40.3 Å². The molecule has 0 radical (unpaired) electrons. The van der Waals surface area contributed by atoms with Crippen LogP contribution >= 0.6 is 25.3 Å². The Bertz CT molecular complexity index is 2150. The minimum atomic E-state index is -1.75. The summed E-state index contributed by atoms with van der Waals surface area (Å²) in [6.07, 6.45) is 4.19. The number of hydrogen-bond acceptors (Lipinski definition) is 15. The summed E-state index contributed by atoms with van der Waals surface area (Å²) in [4.78, 5) is 147. The molecular weight excluding hydrogens is 1000 g/mol. The molecule has 0 spiro atoms. The van der Waals surface area contributed by atoms with Crippen molar-refractivity contribution in [2.45, 2.75) is 157 Å². The highest BCUT2D eigenvalue weighted by molar-refractivity contribution is 7.81. The number of likely N-dealkylation sites (tertiary alicyclic amines) is 1. The molecule has 1 aliphatic carbocycles. The van der Waals surface area contributed by atoms with Crippen molar-refractivity contribution >= 4 is 90.2 Å². The zero-order valence-corrected chi connectivity index (χ0v) is 44.2. The zero-order valence-electron chi connectivity index (χ0n) is 42.4. The average Bonchev–Trinajstić information content (AvgIpc) is 3.86. The van der Waals surface area contributed by atoms with E-state index < -0.39 is 144 Å². The Kier molecular flexibility index (Phi) is 26.0. The molecule has 0 aromatic heterocycles. The topological polar surface area (TPSA) is 389 Å². The third-order valence-electron chi connectivity index (χ3n) is 13.1. The van der Waals surface area contributed by atoms with Crippen LogP contribution in [-0.4, -0.2) is 149 Å². The van der Waals surface area contributed by atoms with Crippen LogP contribution in [0, 0.1) is 5.92 Å². The SMILES string of the molecule is CC[C@H](C)[C@H](NC(=O)[C@H](Cc1ccc(OC)cc1)NC(=O)CC1(S)CCCCC1)C(=O)N[C@@H](CCC(N)=O)C(=O)N[C@@H](CC(N)=O)C(=O)N[C@H](CS)C(=O)N1CCC[C@H]1C(=O)N[C@@H](CCCN)C(=O)NCC(N)=O. The number of rotatable bonds is 31. The van der Waals surface area contributed by atoms with Crippen molar-refractivity contribution in [3.8, 4) is 5.75 Å². The molecule has 412 valence electrons. The van der Waals surface area contributed by atoms with Crippen LogP contribution in [0.3, 0.4) is 0 Å². The van der Waals surface area contributed by atoms with Crippen molar-refractivity contribution in [3.63, 3.8) is 0 Å². The van der Waals surface area contributed by atoms with Gasteiger partial charge in [0, 0.05) is 36.3 Å². The predicted octanol–water partition coefficient (Wildman–Crippen LogP) is -2.38. The predicted molar refractivity (Wildman–Crippen MR) is 278 cm³/mol. The fraction of sp³-hybridized carbons (Fsp3) is 0.646. The lowest BCUT2D eigenvalue weighted by molar-refractivity contribution is -0.142. The molecule has 1 heterocycles. The zero-order chi connectivity index (χ0) is 55.1. The molecular formula is C48H76N12O12S2. The number of benzene rings is 1. The molecule has 3 rings (SSSR count). The molecule has 24 nitrogen and oxygen atoms in total. The summed E-state index contributed by atoms with van der Waals surface area (Å²) in [6.45, 7) is 3.25. The molecule has 1 saturated heterocycles. The lowest BCUT2D eigenvalue weighted by Crippen LogP contribution is -2.61. The Morgan fingerprint density at radius 3 is 1.92 bits per heavy atom. The normalized spacial score (nSPS) is 17.8. The first-order valence-electron chi connectivity index (χ1n) is 25.0. The maximum atomic E-state index is 14.3. The number of hydrogen-bond donors (Lipinski definition) is 13. The van der Waals surface area contributed by atoms with Gasteiger partial charge >= 0.3 is 0 Å². The molecule has 2 aliphatic rings. The first-order chi connectivity index (χ1) is 35.0. The van der Waals surface area contributed by atoms with Gasteiger partial charge in [-0.25, -0.2) is 0 Å². The van der Waals surface area contributed by atoms with Crippen molar-refractivity contribution in [1.82, 2.24) is 42.1 Å². The largest absolute Gasteiger partial charge is 0.497 e. The smallest absolute Gasteiger partial charge is 0.246 e. The third-order valence-corrected chi connectivity index (χ3v) is 14.0. The van der Waals surface area contributed by atoms with Crippen LogP contribution in [0.15, 0.2) is 24.3 Å². The summed E-state index contributed by atoms with van der Waals surface area (Å²) in [5, 5.41) is 18.0. The molecule has 1 aromatic rings. The van der Waals surface area contributed by atoms with Gasteiger partial charge in [-0.2, -0.15) is 25.3 Å². The van der Waals surface area contributed by atoms with Gasteiger partial charge in [0.2, 0.25) is 65.0 Å². The molecule has 15 N–H and O–H groups in total. The molecule has 1 aromatic carbocycles. The molecule has 0 bridgehead atoms. The van der Waals surface area contributed by atoms with E-state index in [9.17, 15) is 52.7 Å². The third kappa shape index (κ3) is 20.3. The first kappa shape index (κ1) is 62.1. The first-order valence-corrected chi connectivity index (χ1v) is 26.0. The second kappa shape index (κ2) is 30.9. The number of methoxy groups -OCH3 is 1. The van der Waals surface area contributed by atoms with E-state index in [2.05, 4.69) is 49.8 Å². The van der Waals surface area contributed by atoms with Crippen LogP contribution in [-0.2, 0) is 59.2 Å². The van der Waals surface area contributed by atoms with Crippen molar-refractivity contribution < 1.29 is 57.5 Å². The van der Waals surface area contributed by atoms with Crippen LogP contribution < -0.4 is 64.9 Å². The number of primary amides is 3. The van der Waals surface area contributed by atoms with Gasteiger partial charge in [-0.15, -0.1) is 0 Å². The fourth-order valence-corrected chi connectivity index (χ4v) is 9.42. The van der Waals surface area contributed by atoms with E-state index in [0.717, 1.165) is 32.1 Å². The van der Waals surface area contributed by atoms with Gasteiger partial charge in [0.15, 0.2) is 0 Å². The van der Waals surface area contributed by atoms with Gasteiger partial charge in [0.05, 0.1) is 20.1 Å². The number of carbonyl (C=O) groups is 11. The molecule has 0 unspecified atom stereocenters. The van der Waals surface area contributed by atoms with Gasteiger partial charge in [-0.05, 0) is 75.1 Å². The average molecular weight is 1080 g/mol. The monoisotopic (exact) mass is 1080 g/mol. The number of nitrogens with one attached hydrogen (secondary N) is 7. The number of ether oxygens (including phenoxy) is 1. The lowest BCUT2D eigenvalue weighted by Gasteiger charge is -2.33. The summed E-state index contributed by atoms with van der Waals surface area (Å²) < 4.78 is 4.73. The number of nitrogens with zero attached hydrogens (tertiary/aromatic N) is 1. The number of amides is 11. The van der Waals surface area contributed by atoms with Crippen molar-refractivity contribution in [1.29, 1.82) is 0 Å². The second-order valence-electron chi connectivity index (χ2n) is 18.9. The summed E-state index contributed by atoms with van der Waals surface area (Å²) in [7, 11) is 1.51. The van der Waals surface area contributed by atoms with Gasteiger partial charge in [-0.1, -0.05) is 51.7 Å². The molecule has 2 fully saturated rings. The van der Waals surface area contributed by atoms with Gasteiger partial charge < -0.3 is 69.8 Å². The Morgan fingerprint density at radius 1 is 0.730 bits per heavy atom. The summed E-state index contributed by atoms with van der Waals surface area (Å²) in [5.74, 6) is -9.21. The molecule has 1 saturated carbocycles. The quantitative estimate of drug-likeness (QED) is 0.0346. The van der Waals surface area contributed by atoms with E-state index in [1.165, 1.54) is 12.0 Å². The van der Waals surface area contributed by atoms with Crippen LogP contribution in [0.5, 0.6) is 5.75 Å². The van der Waals surface area contributed by atoms with Crippen LogP contribution in [0.2, 0.25) is 0 Å². The molecule has 1 aliphatic heterocycles. The van der Waals surface area contributed by atoms with Crippen LogP contribution in [0.25, 0.3) is 0 Å². The Balaban J connectivity index is 1.83. The van der Waals surface area contributed by atoms with E-state index in [1.54, 1.807) is 38.1 Å². The minimum absolute atomic E-state index is 0.0352. The van der Waals surface area contributed by atoms with E-state index >= 15 is 0 Å². The second-order valence-corrected chi connectivity index (χ2v) is 20.2. The highest BCUT2D eigenvalue weighted by atomic mass is 32.1. The van der Waals surface area contributed by atoms with Gasteiger partial charge in [0.25, 0.3) is 0 Å². The van der Waals surface area contributed by atoms with Gasteiger partial charge in [0.1, 0.15) is 48.0 Å². The van der Waals surface area contributed by atoms with Crippen molar-refractivity contribution in [3.05, 3.63) is 29.8 Å². The van der Waals surface area contributed by atoms with Crippen molar-refractivity contribution in [2.75, 3.05) is 32.5 Å². The number of thiol groups is 2. The maximum absolute atomic E-state index is 14.3. The van der Waals surface area contributed by atoms with Crippen LogP contribution in [0.1, 0.15) is 109 Å². The highest BCUT2D eigenvalue weighted by Crippen LogP contribution is 2.36. The van der Waals surface area contributed by atoms with E-state index in [0.29, 0.717) is 30.6 Å². The summed E-state index contributed by atoms with van der Waals surface area (Å²) >= 11 is 9.08. The molecule has 8 atom stereocenters. The fourth-order valence-electron chi connectivity index (χ4n) is 8.71.